The zero-order valence-electron chi connectivity index (χ0n) is 11.5. The van der Waals surface area contributed by atoms with E-state index < -0.39 is 12.0 Å². The van der Waals surface area contributed by atoms with E-state index in [2.05, 4.69) is 20.4 Å². The minimum Gasteiger partial charge on any atom is -0.436 e. The van der Waals surface area contributed by atoms with Crippen LogP contribution in [0.1, 0.15) is 19.7 Å². The lowest BCUT2D eigenvalue weighted by Gasteiger charge is -2.10. The summed E-state index contributed by atoms with van der Waals surface area (Å²) in [6.45, 7) is 4.69. The van der Waals surface area contributed by atoms with Crippen LogP contribution in [0.3, 0.4) is 0 Å². The number of halogens is 3. The SMILES string of the molecule is CCNc1cc(Oc2cnn(CC)c2)nc(C(F)(F)F)n1. The monoisotopic (exact) mass is 301 g/mol. The molecule has 0 aliphatic heterocycles. The molecule has 1 N–H and O–H groups in total. The van der Waals surface area contributed by atoms with E-state index in [0.717, 1.165) is 0 Å². The number of alkyl halides is 3. The molecule has 2 rings (SSSR count). The maximum Gasteiger partial charge on any atom is 0.451 e. The van der Waals surface area contributed by atoms with E-state index in [-0.39, 0.29) is 11.7 Å². The lowest BCUT2D eigenvalue weighted by molar-refractivity contribution is -0.145. The summed E-state index contributed by atoms with van der Waals surface area (Å²) in [5.41, 5.74) is 0. The van der Waals surface area contributed by atoms with E-state index in [9.17, 15) is 13.2 Å². The average molecular weight is 301 g/mol. The smallest absolute Gasteiger partial charge is 0.436 e. The molecule has 0 aliphatic rings. The van der Waals surface area contributed by atoms with Crippen molar-refractivity contribution >= 4 is 5.82 Å². The Morgan fingerprint density at radius 1 is 1.29 bits per heavy atom. The van der Waals surface area contributed by atoms with E-state index in [1.54, 1.807) is 17.8 Å². The van der Waals surface area contributed by atoms with Crippen LogP contribution in [-0.4, -0.2) is 26.3 Å². The largest absolute Gasteiger partial charge is 0.451 e. The van der Waals surface area contributed by atoms with Gasteiger partial charge in [-0.05, 0) is 13.8 Å². The highest BCUT2D eigenvalue weighted by Crippen LogP contribution is 2.30. The van der Waals surface area contributed by atoms with Crippen LogP contribution in [0.5, 0.6) is 11.6 Å². The summed E-state index contributed by atoms with van der Waals surface area (Å²) in [6.07, 6.45) is -1.66. The predicted octanol–water partition coefficient (Wildman–Crippen LogP) is 2.94. The number of hydrogen-bond donors (Lipinski definition) is 1. The Labute approximate surface area is 119 Å². The highest BCUT2D eigenvalue weighted by Gasteiger charge is 2.35. The number of ether oxygens (including phenoxy) is 1. The second-order valence-corrected chi connectivity index (χ2v) is 4.08. The van der Waals surface area contributed by atoms with Crippen molar-refractivity contribution < 1.29 is 17.9 Å². The summed E-state index contributed by atoms with van der Waals surface area (Å²) in [5.74, 6) is -1.08. The molecule has 0 fully saturated rings. The van der Waals surface area contributed by atoms with Crippen molar-refractivity contribution in [2.75, 3.05) is 11.9 Å². The van der Waals surface area contributed by atoms with Gasteiger partial charge in [0.25, 0.3) is 0 Å². The van der Waals surface area contributed by atoms with E-state index in [1.807, 2.05) is 6.92 Å². The number of anilines is 1. The average Bonchev–Trinajstić information content (AvgIpc) is 2.85. The molecule has 0 amide bonds. The summed E-state index contributed by atoms with van der Waals surface area (Å²) in [5, 5.41) is 6.68. The highest BCUT2D eigenvalue weighted by molar-refractivity contribution is 5.39. The van der Waals surface area contributed by atoms with Crippen molar-refractivity contribution in [3.05, 3.63) is 24.3 Å². The van der Waals surface area contributed by atoms with E-state index in [0.29, 0.717) is 18.8 Å². The highest BCUT2D eigenvalue weighted by atomic mass is 19.4. The van der Waals surface area contributed by atoms with Gasteiger partial charge in [0, 0.05) is 19.2 Å². The fourth-order valence-electron chi connectivity index (χ4n) is 1.57. The Hall–Kier alpha value is -2.32. The van der Waals surface area contributed by atoms with Crippen LogP contribution >= 0.6 is 0 Å². The van der Waals surface area contributed by atoms with Crippen molar-refractivity contribution in [3.8, 4) is 11.6 Å². The molecule has 0 radical (unpaired) electrons. The molecule has 9 heteroatoms. The van der Waals surface area contributed by atoms with Gasteiger partial charge in [-0.15, -0.1) is 0 Å². The number of aryl methyl sites for hydroxylation is 1. The number of nitrogens with zero attached hydrogens (tertiary/aromatic N) is 4. The van der Waals surface area contributed by atoms with Gasteiger partial charge in [0.1, 0.15) is 5.82 Å². The minimum absolute atomic E-state index is 0.0534. The predicted molar refractivity (Wildman–Crippen MR) is 69.2 cm³/mol. The van der Waals surface area contributed by atoms with Gasteiger partial charge in [0.05, 0.1) is 12.4 Å². The van der Waals surface area contributed by atoms with Gasteiger partial charge >= 0.3 is 6.18 Å². The molecule has 0 aromatic carbocycles. The molecule has 2 aromatic heterocycles. The number of aromatic nitrogens is 4. The first kappa shape index (κ1) is 15.1. The summed E-state index contributed by atoms with van der Waals surface area (Å²) in [6, 6.07) is 1.31. The molecule has 2 aromatic rings. The van der Waals surface area contributed by atoms with Crippen molar-refractivity contribution in [1.29, 1.82) is 0 Å². The summed E-state index contributed by atoms with van der Waals surface area (Å²) < 4.78 is 45.2. The summed E-state index contributed by atoms with van der Waals surface area (Å²) in [4.78, 5) is 6.79. The molecule has 0 saturated carbocycles. The fraction of sp³-hybridized carbons (Fsp3) is 0.417. The first-order valence-electron chi connectivity index (χ1n) is 6.32. The second-order valence-electron chi connectivity index (χ2n) is 4.08. The van der Waals surface area contributed by atoms with Crippen molar-refractivity contribution in [3.63, 3.8) is 0 Å². The Bertz CT molecular complexity index is 611. The molecule has 0 spiro atoms. The summed E-state index contributed by atoms with van der Waals surface area (Å²) >= 11 is 0. The Kier molecular flexibility index (Phi) is 4.29. The topological polar surface area (TPSA) is 64.9 Å². The zero-order chi connectivity index (χ0) is 15.5. The first-order chi connectivity index (χ1) is 9.92. The molecule has 0 saturated heterocycles. The van der Waals surface area contributed by atoms with Crippen molar-refractivity contribution in [2.24, 2.45) is 0 Å². The minimum atomic E-state index is -4.64. The maximum absolute atomic E-state index is 12.8. The quantitative estimate of drug-likeness (QED) is 0.920. The van der Waals surface area contributed by atoms with Crippen LogP contribution in [0.2, 0.25) is 0 Å². The van der Waals surface area contributed by atoms with Crippen molar-refractivity contribution in [2.45, 2.75) is 26.6 Å². The Balaban J connectivity index is 2.30. The second kappa shape index (κ2) is 5.98. The summed E-state index contributed by atoms with van der Waals surface area (Å²) in [7, 11) is 0. The van der Waals surface area contributed by atoms with Gasteiger partial charge < -0.3 is 10.1 Å². The van der Waals surface area contributed by atoms with Gasteiger partial charge in [-0.2, -0.15) is 23.3 Å². The van der Waals surface area contributed by atoms with Crippen LogP contribution in [0.15, 0.2) is 18.5 Å². The van der Waals surface area contributed by atoms with Crippen LogP contribution in [0.4, 0.5) is 19.0 Å². The molecule has 21 heavy (non-hydrogen) atoms. The van der Waals surface area contributed by atoms with Crippen LogP contribution in [0.25, 0.3) is 0 Å². The van der Waals surface area contributed by atoms with Gasteiger partial charge in [0.2, 0.25) is 11.7 Å². The number of nitrogens with one attached hydrogen (secondary N) is 1. The molecule has 114 valence electrons. The third kappa shape index (κ3) is 3.83. The third-order valence-electron chi connectivity index (χ3n) is 2.47. The lowest BCUT2D eigenvalue weighted by Crippen LogP contribution is -2.13. The molecular weight excluding hydrogens is 287 g/mol. The number of rotatable bonds is 5. The molecule has 0 atom stereocenters. The van der Waals surface area contributed by atoms with Gasteiger partial charge in [0.15, 0.2) is 5.75 Å². The Morgan fingerprint density at radius 2 is 2.05 bits per heavy atom. The van der Waals surface area contributed by atoms with Crippen molar-refractivity contribution in [1.82, 2.24) is 19.7 Å². The third-order valence-corrected chi connectivity index (χ3v) is 2.47. The fourth-order valence-corrected chi connectivity index (χ4v) is 1.57. The van der Waals surface area contributed by atoms with E-state index in [4.69, 9.17) is 4.74 Å². The van der Waals surface area contributed by atoms with Crippen LogP contribution in [0, 0.1) is 0 Å². The van der Waals surface area contributed by atoms with E-state index >= 15 is 0 Å². The first-order valence-corrected chi connectivity index (χ1v) is 6.32. The molecule has 0 aliphatic carbocycles. The normalized spacial score (nSPS) is 11.5. The standard InChI is InChI=1S/C12H14F3N5O/c1-3-16-9-5-10(19-11(18-9)12(13,14)15)21-8-6-17-20(4-2)7-8/h5-7H,3-4H2,1-2H3,(H,16,18,19). The van der Waals surface area contributed by atoms with Gasteiger partial charge in [-0.25, -0.2) is 4.98 Å². The number of hydrogen-bond acceptors (Lipinski definition) is 5. The van der Waals surface area contributed by atoms with Gasteiger partial charge in [-0.3, -0.25) is 4.68 Å². The van der Waals surface area contributed by atoms with Crippen LogP contribution in [-0.2, 0) is 12.7 Å². The zero-order valence-corrected chi connectivity index (χ0v) is 11.5. The van der Waals surface area contributed by atoms with Crippen LogP contribution < -0.4 is 10.1 Å². The Morgan fingerprint density at radius 3 is 2.62 bits per heavy atom. The van der Waals surface area contributed by atoms with Gasteiger partial charge in [-0.1, -0.05) is 0 Å². The molecule has 0 unspecified atom stereocenters. The molecule has 2 heterocycles. The molecule has 6 nitrogen and oxygen atoms in total. The molecular formula is C12H14F3N5O. The molecule has 0 bridgehead atoms. The maximum atomic E-state index is 12.8. The van der Waals surface area contributed by atoms with E-state index in [1.165, 1.54) is 12.3 Å². The lowest BCUT2D eigenvalue weighted by atomic mass is 10.4.